The van der Waals surface area contributed by atoms with E-state index in [0.29, 0.717) is 6.04 Å². The quantitative estimate of drug-likeness (QED) is 0.755. The van der Waals surface area contributed by atoms with Crippen LogP contribution in [0.1, 0.15) is 37.0 Å². The van der Waals surface area contributed by atoms with Gasteiger partial charge in [-0.05, 0) is 33.7 Å². The van der Waals surface area contributed by atoms with Crippen LogP contribution in [-0.2, 0) is 0 Å². The molecule has 0 radical (unpaired) electrons. The molecule has 0 fully saturated rings. The summed E-state index contributed by atoms with van der Waals surface area (Å²) in [5, 5.41) is 6.69. The van der Waals surface area contributed by atoms with E-state index < -0.39 is 0 Å². The predicted octanol–water partition coefficient (Wildman–Crippen LogP) is 3.07. The van der Waals surface area contributed by atoms with E-state index in [2.05, 4.69) is 36.1 Å². The largest absolute Gasteiger partial charge is 0.308 e. The molecule has 1 atom stereocenters. The molecular weight excluding hydrogens is 192 g/mol. The van der Waals surface area contributed by atoms with E-state index in [1.54, 1.807) is 11.3 Å². The second-order valence-corrected chi connectivity index (χ2v) is 4.60. The fourth-order valence-corrected chi connectivity index (χ4v) is 1.99. The molecule has 14 heavy (non-hydrogen) atoms. The minimum Gasteiger partial charge on any atom is -0.308 e. The van der Waals surface area contributed by atoms with Crippen LogP contribution in [0.15, 0.2) is 17.5 Å². The average molecular weight is 210 g/mol. The molecule has 1 unspecified atom stereocenters. The van der Waals surface area contributed by atoms with Crippen LogP contribution in [0.5, 0.6) is 0 Å². The van der Waals surface area contributed by atoms with Crippen molar-refractivity contribution < 1.29 is 0 Å². The van der Waals surface area contributed by atoms with Crippen molar-refractivity contribution in [1.29, 1.82) is 0 Å². The Morgan fingerprint density at radius 3 is 2.93 bits per heavy atom. The van der Waals surface area contributed by atoms with Gasteiger partial charge in [0.25, 0.3) is 0 Å². The molecule has 1 heterocycles. The van der Waals surface area contributed by atoms with Crippen molar-refractivity contribution >= 4 is 11.3 Å². The Balaban J connectivity index is 2.35. The third-order valence-electron chi connectivity index (χ3n) is 2.01. The maximum absolute atomic E-state index is 4.44. The van der Waals surface area contributed by atoms with Gasteiger partial charge in [0, 0.05) is 11.1 Å². The molecule has 0 saturated carbocycles. The van der Waals surface area contributed by atoms with Crippen molar-refractivity contribution in [3.63, 3.8) is 0 Å². The summed E-state index contributed by atoms with van der Waals surface area (Å²) >= 11 is 1.72. The van der Waals surface area contributed by atoms with Gasteiger partial charge in [-0.25, -0.2) is 4.98 Å². The Bertz CT molecular complexity index is 304. The Morgan fingerprint density at radius 1 is 1.71 bits per heavy atom. The van der Waals surface area contributed by atoms with E-state index in [1.807, 2.05) is 6.92 Å². The minimum absolute atomic E-state index is 0.355. The maximum atomic E-state index is 4.44. The number of aryl methyl sites for hydroxylation is 1. The lowest BCUT2D eigenvalue weighted by molar-refractivity contribution is 0.572. The maximum Gasteiger partial charge on any atom is 0.110 e. The van der Waals surface area contributed by atoms with E-state index in [9.17, 15) is 0 Å². The van der Waals surface area contributed by atoms with E-state index >= 15 is 0 Å². The first-order valence-corrected chi connectivity index (χ1v) is 5.77. The van der Waals surface area contributed by atoms with E-state index in [-0.39, 0.29) is 0 Å². The van der Waals surface area contributed by atoms with Crippen LogP contribution in [0.4, 0.5) is 0 Å². The fourth-order valence-electron chi connectivity index (χ4n) is 1.16. The first-order chi connectivity index (χ1) is 6.59. The fraction of sp³-hybridized carbons (Fsp3) is 0.545. The van der Waals surface area contributed by atoms with Crippen molar-refractivity contribution in [3.8, 4) is 0 Å². The van der Waals surface area contributed by atoms with E-state index in [4.69, 9.17) is 0 Å². The minimum atomic E-state index is 0.355. The van der Waals surface area contributed by atoms with Crippen LogP contribution in [0.2, 0.25) is 0 Å². The summed E-state index contributed by atoms with van der Waals surface area (Å²) in [6, 6.07) is 0.355. The third kappa shape index (κ3) is 3.60. The zero-order valence-corrected chi connectivity index (χ0v) is 9.95. The van der Waals surface area contributed by atoms with Gasteiger partial charge in [-0.1, -0.05) is 5.57 Å². The standard InChI is InChI=1S/C11H18N2S/c1-8(2)5-6-12-10(4)11-13-9(3)7-14-11/h7,10,12H,1,5-6H2,2-4H3. The number of nitrogens with zero attached hydrogens (tertiary/aromatic N) is 1. The smallest absolute Gasteiger partial charge is 0.110 e. The first-order valence-electron chi connectivity index (χ1n) is 4.89. The topological polar surface area (TPSA) is 24.9 Å². The van der Waals surface area contributed by atoms with Crippen LogP contribution in [0.3, 0.4) is 0 Å². The highest BCUT2D eigenvalue weighted by Crippen LogP contribution is 2.17. The molecule has 78 valence electrons. The molecule has 2 nitrogen and oxygen atoms in total. The van der Waals surface area contributed by atoms with Crippen LogP contribution < -0.4 is 5.32 Å². The number of hydrogen-bond donors (Lipinski definition) is 1. The van der Waals surface area contributed by atoms with E-state index in [1.165, 1.54) is 10.6 Å². The normalized spacial score (nSPS) is 12.8. The molecule has 0 saturated heterocycles. The molecule has 3 heteroatoms. The van der Waals surface area contributed by atoms with Gasteiger partial charge in [0.2, 0.25) is 0 Å². The highest BCUT2D eigenvalue weighted by molar-refractivity contribution is 7.09. The van der Waals surface area contributed by atoms with Gasteiger partial charge in [-0.15, -0.1) is 17.9 Å². The van der Waals surface area contributed by atoms with Gasteiger partial charge >= 0.3 is 0 Å². The number of hydrogen-bond acceptors (Lipinski definition) is 3. The van der Waals surface area contributed by atoms with Gasteiger partial charge in [0.05, 0.1) is 6.04 Å². The molecule has 0 aliphatic carbocycles. The average Bonchev–Trinajstić information content (AvgIpc) is 2.51. The molecule has 0 aromatic carbocycles. The van der Waals surface area contributed by atoms with E-state index in [0.717, 1.165) is 18.7 Å². The molecule has 0 amide bonds. The van der Waals surface area contributed by atoms with Crippen molar-refractivity contribution in [1.82, 2.24) is 10.3 Å². The summed E-state index contributed by atoms with van der Waals surface area (Å²) in [4.78, 5) is 4.44. The number of nitrogens with one attached hydrogen (secondary N) is 1. The SMILES string of the molecule is C=C(C)CCNC(C)c1nc(C)cs1. The van der Waals surface area contributed by atoms with Gasteiger partial charge in [0.1, 0.15) is 5.01 Å². The van der Waals surface area contributed by atoms with Crippen molar-refractivity contribution in [2.24, 2.45) is 0 Å². The Hall–Kier alpha value is -0.670. The molecule has 1 aromatic rings. The molecule has 0 spiro atoms. The Labute approximate surface area is 90.1 Å². The molecule has 0 aliphatic rings. The summed E-state index contributed by atoms with van der Waals surface area (Å²) in [6.45, 7) is 11.1. The zero-order valence-electron chi connectivity index (χ0n) is 9.13. The highest BCUT2D eigenvalue weighted by Gasteiger charge is 2.07. The lowest BCUT2D eigenvalue weighted by Crippen LogP contribution is -2.19. The zero-order chi connectivity index (χ0) is 10.6. The van der Waals surface area contributed by atoms with Gasteiger partial charge < -0.3 is 5.32 Å². The summed E-state index contributed by atoms with van der Waals surface area (Å²) in [7, 11) is 0. The lowest BCUT2D eigenvalue weighted by Gasteiger charge is -2.10. The summed E-state index contributed by atoms with van der Waals surface area (Å²) in [5.74, 6) is 0. The predicted molar refractivity (Wildman–Crippen MR) is 62.7 cm³/mol. The number of aromatic nitrogens is 1. The van der Waals surface area contributed by atoms with Crippen LogP contribution in [-0.4, -0.2) is 11.5 Å². The van der Waals surface area contributed by atoms with Crippen LogP contribution in [0.25, 0.3) is 0 Å². The lowest BCUT2D eigenvalue weighted by atomic mass is 10.2. The molecule has 1 rings (SSSR count). The summed E-state index contributed by atoms with van der Waals surface area (Å²) in [5.41, 5.74) is 2.33. The van der Waals surface area contributed by atoms with Crippen LogP contribution in [0, 0.1) is 6.92 Å². The second-order valence-electron chi connectivity index (χ2n) is 3.71. The highest BCUT2D eigenvalue weighted by atomic mass is 32.1. The van der Waals surface area contributed by atoms with Gasteiger partial charge in [-0.3, -0.25) is 0 Å². The van der Waals surface area contributed by atoms with Gasteiger partial charge in [0.15, 0.2) is 0 Å². The second kappa shape index (κ2) is 5.27. The number of thiazole rings is 1. The van der Waals surface area contributed by atoms with Crippen molar-refractivity contribution in [2.75, 3.05) is 6.54 Å². The molecule has 1 N–H and O–H groups in total. The Kier molecular flexibility index (Phi) is 4.29. The van der Waals surface area contributed by atoms with Gasteiger partial charge in [-0.2, -0.15) is 0 Å². The number of rotatable bonds is 5. The summed E-state index contributed by atoms with van der Waals surface area (Å²) in [6.07, 6.45) is 1.04. The molecular formula is C11H18N2S. The van der Waals surface area contributed by atoms with Crippen LogP contribution >= 0.6 is 11.3 Å². The molecule has 0 aliphatic heterocycles. The first kappa shape index (κ1) is 11.4. The molecule has 0 bridgehead atoms. The monoisotopic (exact) mass is 210 g/mol. The van der Waals surface area contributed by atoms with Crippen molar-refractivity contribution in [3.05, 3.63) is 28.2 Å². The third-order valence-corrected chi connectivity index (χ3v) is 3.15. The Morgan fingerprint density at radius 2 is 2.43 bits per heavy atom. The molecule has 1 aromatic heterocycles. The summed E-state index contributed by atoms with van der Waals surface area (Å²) < 4.78 is 0. The van der Waals surface area contributed by atoms with Crippen molar-refractivity contribution in [2.45, 2.75) is 33.2 Å².